The van der Waals surface area contributed by atoms with Crippen molar-refractivity contribution < 1.29 is 24.1 Å². The van der Waals surface area contributed by atoms with Crippen LogP contribution in [-0.2, 0) is 24.1 Å². The Morgan fingerprint density at radius 2 is 2.18 bits per heavy atom. The predicted octanol–water partition coefficient (Wildman–Crippen LogP) is 2.00. The van der Waals surface area contributed by atoms with E-state index in [4.69, 9.17) is 4.74 Å². The summed E-state index contributed by atoms with van der Waals surface area (Å²) in [5.74, 6) is 0.653. The summed E-state index contributed by atoms with van der Waals surface area (Å²) in [6.45, 7) is 10.1. The molecule has 0 N–H and O–H groups in total. The van der Waals surface area contributed by atoms with E-state index in [1.807, 2.05) is 23.5 Å². The van der Waals surface area contributed by atoms with Crippen molar-refractivity contribution >= 4 is 4.40 Å². The summed E-state index contributed by atoms with van der Waals surface area (Å²) >= 11 is 1.42. The Morgan fingerprint density at radius 3 is 2.64 bits per heavy atom. The van der Waals surface area contributed by atoms with Crippen LogP contribution in [0.5, 0.6) is 0 Å². The van der Waals surface area contributed by atoms with Crippen LogP contribution in [0.4, 0.5) is 0 Å². The van der Waals surface area contributed by atoms with E-state index < -0.39 is 0 Å². The third-order valence-corrected chi connectivity index (χ3v) is 1.62. The van der Waals surface area contributed by atoms with Gasteiger partial charge < -0.3 is 0 Å². The SMILES string of the molecule is C=C(/C=C\[CH]=[W])C(=C)OCC. The molecule has 0 aliphatic heterocycles. The minimum absolute atomic E-state index is 0.646. The maximum absolute atomic E-state index is 5.15. The Balaban J connectivity index is 3.92. The molecule has 0 heterocycles. The summed E-state index contributed by atoms with van der Waals surface area (Å²) < 4.78 is 7.17. The summed E-state index contributed by atoms with van der Waals surface area (Å²) in [6.07, 6.45) is 3.84. The van der Waals surface area contributed by atoms with Crippen molar-refractivity contribution in [3.63, 3.8) is 0 Å². The first-order valence-corrected chi connectivity index (χ1v) is 5.04. The molecule has 0 rings (SSSR count). The van der Waals surface area contributed by atoms with E-state index >= 15 is 0 Å². The topological polar surface area (TPSA) is 9.23 Å². The van der Waals surface area contributed by atoms with Gasteiger partial charge in [-0.05, 0) is 0 Å². The van der Waals surface area contributed by atoms with Crippen molar-refractivity contribution in [2.75, 3.05) is 6.61 Å². The van der Waals surface area contributed by atoms with Gasteiger partial charge in [0.05, 0.1) is 0 Å². The van der Waals surface area contributed by atoms with Gasteiger partial charge in [-0.15, -0.1) is 0 Å². The van der Waals surface area contributed by atoms with Crippen LogP contribution in [-0.4, -0.2) is 11.0 Å². The average Bonchev–Trinajstić information content (AvgIpc) is 2.00. The van der Waals surface area contributed by atoms with E-state index in [0.29, 0.717) is 12.4 Å². The van der Waals surface area contributed by atoms with Gasteiger partial charge in [0, 0.05) is 0 Å². The molecule has 0 unspecified atom stereocenters. The number of hydrogen-bond acceptors (Lipinski definition) is 1. The van der Waals surface area contributed by atoms with Crippen LogP contribution in [0.15, 0.2) is 36.6 Å². The Labute approximate surface area is 78.9 Å². The zero-order chi connectivity index (χ0) is 8.69. The maximum atomic E-state index is 5.15. The molecule has 0 aromatic carbocycles. The fraction of sp³-hybridized carbons (Fsp3) is 0.222. The Kier molecular flexibility index (Phi) is 6.06. The summed E-state index contributed by atoms with van der Waals surface area (Å²) in [4.78, 5) is 0. The number of ether oxygens (including phenoxy) is 1. The Bertz CT molecular complexity index is 192. The van der Waals surface area contributed by atoms with Gasteiger partial charge >= 0.3 is 78.7 Å². The summed E-state index contributed by atoms with van der Waals surface area (Å²) in [6, 6.07) is 0. The Morgan fingerprint density at radius 1 is 1.55 bits per heavy atom. The molecule has 0 fully saturated rings. The fourth-order valence-electron chi connectivity index (χ4n) is 0.515. The summed E-state index contributed by atoms with van der Waals surface area (Å²) in [5, 5.41) is 0. The van der Waals surface area contributed by atoms with Crippen LogP contribution in [0, 0.1) is 0 Å². The molecule has 0 spiro atoms. The molecule has 60 valence electrons. The van der Waals surface area contributed by atoms with Crippen molar-refractivity contribution in [1.29, 1.82) is 0 Å². The molecule has 2 heteroatoms. The van der Waals surface area contributed by atoms with Gasteiger partial charge in [-0.1, -0.05) is 0 Å². The molecule has 11 heavy (non-hydrogen) atoms. The third-order valence-electron chi connectivity index (χ3n) is 1.05. The molecule has 0 saturated carbocycles. The van der Waals surface area contributed by atoms with Crippen molar-refractivity contribution in [3.05, 3.63) is 36.6 Å². The molecule has 0 bridgehead atoms. The summed E-state index contributed by atoms with van der Waals surface area (Å²) in [5.41, 5.74) is 0.837. The molecule has 0 aliphatic carbocycles. The van der Waals surface area contributed by atoms with E-state index in [9.17, 15) is 0 Å². The fourth-order valence-corrected chi connectivity index (χ4v) is 0.798. The van der Waals surface area contributed by atoms with Gasteiger partial charge in [-0.25, -0.2) is 0 Å². The first-order valence-electron chi connectivity index (χ1n) is 3.35. The van der Waals surface area contributed by atoms with Crippen molar-refractivity contribution in [1.82, 2.24) is 0 Å². The van der Waals surface area contributed by atoms with Gasteiger partial charge in [-0.2, -0.15) is 0 Å². The second kappa shape index (κ2) is 6.30. The molecule has 0 aromatic heterocycles. The van der Waals surface area contributed by atoms with E-state index in [0.717, 1.165) is 5.57 Å². The van der Waals surface area contributed by atoms with Gasteiger partial charge in [0.15, 0.2) is 0 Å². The molecule has 0 aliphatic rings. The van der Waals surface area contributed by atoms with Crippen LogP contribution in [0.2, 0.25) is 0 Å². The molecule has 1 nitrogen and oxygen atoms in total. The van der Waals surface area contributed by atoms with Gasteiger partial charge in [0.2, 0.25) is 0 Å². The zero-order valence-electron chi connectivity index (χ0n) is 6.67. The number of rotatable bonds is 5. The second-order valence-electron chi connectivity index (χ2n) is 1.88. The molecular weight excluding hydrogens is 308 g/mol. The van der Waals surface area contributed by atoms with Crippen molar-refractivity contribution in [3.8, 4) is 0 Å². The van der Waals surface area contributed by atoms with Crippen LogP contribution in [0.1, 0.15) is 6.92 Å². The van der Waals surface area contributed by atoms with E-state index in [-0.39, 0.29) is 0 Å². The van der Waals surface area contributed by atoms with E-state index in [1.165, 1.54) is 19.4 Å². The van der Waals surface area contributed by atoms with Gasteiger partial charge in [0.25, 0.3) is 0 Å². The molecule has 0 radical (unpaired) electrons. The van der Waals surface area contributed by atoms with E-state index in [2.05, 4.69) is 13.2 Å². The molecule has 0 amide bonds. The number of hydrogen-bond donors (Lipinski definition) is 0. The second-order valence-corrected chi connectivity index (χ2v) is 2.85. The standard InChI is InChI=1S/C9H12O.W/c1-5-7-8(3)9(4)10-6-2;/h1,5,7H,3-4,6H2,2H3;/b7-5-;. The average molecular weight is 320 g/mol. The van der Waals surface area contributed by atoms with Crippen molar-refractivity contribution in [2.45, 2.75) is 6.92 Å². The van der Waals surface area contributed by atoms with Crippen LogP contribution >= 0.6 is 0 Å². The zero-order valence-corrected chi connectivity index (χ0v) is 9.60. The first-order chi connectivity index (χ1) is 5.22. The van der Waals surface area contributed by atoms with Crippen LogP contribution in [0.3, 0.4) is 0 Å². The minimum atomic E-state index is 0.646. The van der Waals surface area contributed by atoms with Gasteiger partial charge in [-0.3, -0.25) is 0 Å². The van der Waals surface area contributed by atoms with Crippen LogP contribution in [0.25, 0.3) is 0 Å². The third kappa shape index (κ3) is 4.92. The quantitative estimate of drug-likeness (QED) is 0.556. The van der Waals surface area contributed by atoms with E-state index in [1.54, 1.807) is 0 Å². The van der Waals surface area contributed by atoms with Gasteiger partial charge in [0.1, 0.15) is 0 Å². The summed E-state index contributed by atoms with van der Waals surface area (Å²) in [7, 11) is 0. The number of allylic oxidation sites excluding steroid dienone is 2. The predicted molar refractivity (Wildman–Crippen MR) is 45.1 cm³/mol. The first kappa shape index (κ1) is 10.6. The molecule has 0 atom stereocenters. The molecule has 0 saturated heterocycles. The normalized spacial score (nSPS) is 9.55. The van der Waals surface area contributed by atoms with Crippen LogP contribution < -0.4 is 0 Å². The molecular formula is C9H12OW. The van der Waals surface area contributed by atoms with Crippen molar-refractivity contribution in [2.24, 2.45) is 0 Å². The molecule has 0 aromatic rings. The Hall–Kier alpha value is -0.422. The monoisotopic (exact) mass is 320 g/mol.